The molecule has 0 spiro atoms. The van der Waals surface area contributed by atoms with Crippen molar-refractivity contribution in [1.82, 2.24) is 9.55 Å². The first-order chi connectivity index (χ1) is 11.5. The molecule has 7 nitrogen and oxygen atoms in total. The van der Waals surface area contributed by atoms with Gasteiger partial charge in [-0.05, 0) is 36.8 Å². The lowest BCUT2D eigenvalue weighted by atomic mass is 10.1. The van der Waals surface area contributed by atoms with Gasteiger partial charge in [0.25, 0.3) is 11.6 Å². The van der Waals surface area contributed by atoms with Gasteiger partial charge in [-0.2, -0.15) is 0 Å². The van der Waals surface area contributed by atoms with E-state index >= 15 is 0 Å². The minimum Gasteiger partial charge on any atom is -0.322 e. The summed E-state index contributed by atoms with van der Waals surface area (Å²) in [4.78, 5) is 27.0. The molecule has 1 heterocycles. The summed E-state index contributed by atoms with van der Waals surface area (Å²) < 4.78 is 1.80. The third-order valence-electron chi connectivity index (χ3n) is 3.50. The zero-order valence-electron chi connectivity index (χ0n) is 12.8. The van der Waals surface area contributed by atoms with Crippen molar-refractivity contribution in [3.05, 3.63) is 82.4 Å². The Morgan fingerprint density at radius 3 is 2.79 bits per heavy atom. The van der Waals surface area contributed by atoms with Gasteiger partial charge in [0, 0.05) is 29.8 Å². The monoisotopic (exact) mass is 322 g/mol. The van der Waals surface area contributed by atoms with Gasteiger partial charge in [-0.25, -0.2) is 4.98 Å². The predicted octanol–water partition coefficient (Wildman–Crippen LogP) is 3.34. The summed E-state index contributed by atoms with van der Waals surface area (Å²) in [6.45, 7) is 1.78. The molecule has 3 aromatic rings. The number of nitrogens with zero attached hydrogens (tertiary/aromatic N) is 3. The Hall–Kier alpha value is -3.48. The van der Waals surface area contributed by atoms with E-state index in [0.29, 0.717) is 5.69 Å². The lowest BCUT2D eigenvalue weighted by Gasteiger charge is -2.09. The number of nitro groups is 1. The summed E-state index contributed by atoms with van der Waals surface area (Å²) in [6.07, 6.45) is 5.08. The number of hydrogen-bond acceptors (Lipinski definition) is 4. The van der Waals surface area contributed by atoms with Gasteiger partial charge in [-0.15, -0.1) is 0 Å². The van der Waals surface area contributed by atoms with E-state index in [-0.39, 0.29) is 11.3 Å². The third kappa shape index (κ3) is 3.14. The normalized spacial score (nSPS) is 10.4. The molecular weight excluding hydrogens is 308 g/mol. The summed E-state index contributed by atoms with van der Waals surface area (Å²) >= 11 is 0. The Labute approximate surface area is 137 Å². The largest absolute Gasteiger partial charge is 0.322 e. The number of benzene rings is 2. The molecule has 0 radical (unpaired) electrons. The van der Waals surface area contributed by atoms with E-state index in [9.17, 15) is 14.9 Å². The summed E-state index contributed by atoms with van der Waals surface area (Å²) in [5.74, 6) is -0.520. The number of nitrogens with one attached hydrogen (secondary N) is 1. The number of anilines is 1. The van der Waals surface area contributed by atoms with E-state index in [1.807, 2.05) is 6.07 Å². The van der Waals surface area contributed by atoms with Crippen LogP contribution in [-0.2, 0) is 0 Å². The molecule has 0 bridgehead atoms. The zero-order chi connectivity index (χ0) is 17.1. The summed E-state index contributed by atoms with van der Waals surface area (Å²) in [5.41, 5.74) is 1.96. The van der Waals surface area contributed by atoms with Crippen molar-refractivity contribution in [2.24, 2.45) is 0 Å². The van der Waals surface area contributed by atoms with Crippen molar-refractivity contribution in [1.29, 1.82) is 0 Å². The molecule has 1 N–H and O–H groups in total. The fraction of sp³-hybridized carbons (Fsp3) is 0.0588. The van der Waals surface area contributed by atoms with Crippen LogP contribution in [0.5, 0.6) is 0 Å². The fourth-order valence-electron chi connectivity index (χ4n) is 2.35. The van der Waals surface area contributed by atoms with Crippen LogP contribution in [0.25, 0.3) is 5.69 Å². The number of carbonyl (C=O) groups excluding carboxylic acids is 1. The fourth-order valence-corrected chi connectivity index (χ4v) is 2.35. The van der Waals surface area contributed by atoms with E-state index in [2.05, 4.69) is 10.3 Å². The molecule has 120 valence electrons. The SMILES string of the molecule is Cc1ccc([N+](=O)[O-])c(C(=O)Nc2cccc(-n3ccnc3)c2)c1. The van der Waals surface area contributed by atoms with Crippen LogP contribution in [0.2, 0.25) is 0 Å². The van der Waals surface area contributed by atoms with Crippen LogP contribution in [0.1, 0.15) is 15.9 Å². The minimum absolute atomic E-state index is 0.0352. The van der Waals surface area contributed by atoms with Crippen molar-refractivity contribution in [2.75, 3.05) is 5.32 Å². The molecule has 1 aromatic heterocycles. The Bertz CT molecular complexity index is 904. The predicted molar refractivity (Wildman–Crippen MR) is 89.4 cm³/mol. The first-order valence-corrected chi connectivity index (χ1v) is 7.19. The number of rotatable bonds is 4. The first-order valence-electron chi connectivity index (χ1n) is 7.19. The van der Waals surface area contributed by atoms with Crippen LogP contribution in [0.3, 0.4) is 0 Å². The van der Waals surface area contributed by atoms with Gasteiger partial charge in [-0.1, -0.05) is 12.1 Å². The molecule has 7 heteroatoms. The van der Waals surface area contributed by atoms with E-state index < -0.39 is 10.8 Å². The number of hydrogen-bond donors (Lipinski definition) is 1. The molecule has 0 aliphatic rings. The number of carbonyl (C=O) groups is 1. The smallest absolute Gasteiger partial charge is 0.282 e. The highest BCUT2D eigenvalue weighted by Crippen LogP contribution is 2.22. The average molecular weight is 322 g/mol. The van der Waals surface area contributed by atoms with E-state index in [1.54, 1.807) is 54.5 Å². The van der Waals surface area contributed by atoms with Crippen molar-refractivity contribution >= 4 is 17.3 Å². The quantitative estimate of drug-likeness (QED) is 0.589. The van der Waals surface area contributed by atoms with Crippen molar-refractivity contribution in [3.63, 3.8) is 0 Å². The maximum atomic E-state index is 12.5. The topological polar surface area (TPSA) is 90.1 Å². The molecule has 0 saturated carbocycles. The standard InChI is InChI=1S/C17H14N4O3/c1-12-5-6-16(21(23)24)15(9-12)17(22)19-13-3-2-4-14(10-13)20-8-7-18-11-20/h2-11H,1H3,(H,19,22). The number of nitro benzene ring substituents is 1. The Morgan fingerprint density at radius 2 is 2.08 bits per heavy atom. The molecule has 0 saturated heterocycles. The second-order valence-electron chi connectivity index (χ2n) is 5.25. The average Bonchev–Trinajstić information content (AvgIpc) is 3.09. The highest BCUT2D eigenvalue weighted by Gasteiger charge is 2.20. The third-order valence-corrected chi connectivity index (χ3v) is 3.50. The van der Waals surface area contributed by atoms with Crippen molar-refractivity contribution in [2.45, 2.75) is 6.92 Å². The molecule has 0 unspecified atom stereocenters. The summed E-state index contributed by atoms with van der Waals surface area (Å²) in [6, 6.07) is 11.6. The Balaban J connectivity index is 1.90. The van der Waals surface area contributed by atoms with Crippen LogP contribution in [0.4, 0.5) is 11.4 Å². The lowest BCUT2D eigenvalue weighted by molar-refractivity contribution is -0.385. The van der Waals surface area contributed by atoms with Crippen LogP contribution < -0.4 is 5.32 Å². The molecule has 3 rings (SSSR count). The van der Waals surface area contributed by atoms with Crippen molar-refractivity contribution in [3.8, 4) is 5.69 Å². The summed E-state index contributed by atoms with van der Waals surface area (Å²) in [7, 11) is 0. The summed E-state index contributed by atoms with van der Waals surface area (Å²) in [5, 5.41) is 13.8. The van der Waals surface area contributed by atoms with Gasteiger partial charge in [-0.3, -0.25) is 14.9 Å². The van der Waals surface area contributed by atoms with Gasteiger partial charge in [0.2, 0.25) is 0 Å². The molecule has 0 atom stereocenters. The van der Waals surface area contributed by atoms with Gasteiger partial charge in [0.05, 0.1) is 11.3 Å². The Morgan fingerprint density at radius 1 is 1.25 bits per heavy atom. The van der Waals surface area contributed by atoms with Gasteiger partial charge < -0.3 is 9.88 Å². The highest BCUT2D eigenvalue weighted by atomic mass is 16.6. The zero-order valence-corrected chi connectivity index (χ0v) is 12.8. The molecule has 24 heavy (non-hydrogen) atoms. The maximum absolute atomic E-state index is 12.5. The van der Waals surface area contributed by atoms with Gasteiger partial charge >= 0.3 is 0 Å². The number of imidazole rings is 1. The van der Waals surface area contributed by atoms with Crippen LogP contribution in [-0.4, -0.2) is 20.4 Å². The van der Waals surface area contributed by atoms with Gasteiger partial charge in [0.15, 0.2) is 0 Å². The molecule has 0 fully saturated rings. The second kappa shape index (κ2) is 6.33. The number of aryl methyl sites for hydroxylation is 1. The molecule has 1 amide bonds. The number of aromatic nitrogens is 2. The van der Waals surface area contributed by atoms with Crippen molar-refractivity contribution < 1.29 is 9.72 Å². The highest BCUT2D eigenvalue weighted by molar-refractivity contribution is 6.07. The van der Waals surface area contributed by atoms with Crippen LogP contribution in [0.15, 0.2) is 61.2 Å². The van der Waals surface area contributed by atoms with E-state index in [4.69, 9.17) is 0 Å². The Kier molecular flexibility index (Phi) is 4.07. The molecular formula is C17H14N4O3. The van der Waals surface area contributed by atoms with E-state index in [1.165, 1.54) is 12.1 Å². The van der Waals surface area contributed by atoms with Crippen LogP contribution >= 0.6 is 0 Å². The number of amides is 1. The first kappa shape index (κ1) is 15.4. The molecule has 0 aliphatic carbocycles. The van der Waals surface area contributed by atoms with Crippen LogP contribution in [0, 0.1) is 17.0 Å². The second-order valence-corrected chi connectivity index (χ2v) is 5.25. The van der Waals surface area contributed by atoms with Gasteiger partial charge in [0.1, 0.15) is 5.56 Å². The lowest BCUT2D eigenvalue weighted by Crippen LogP contribution is -2.14. The minimum atomic E-state index is -0.559. The maximum Gasteiger partial charge on any atom is 0.282 e. The molecule has 0 aliphatic heterocycles. The molecule has 2 aromatic carbocycles. The van der Waals surface area contributed by atoms with E-state index in [0.717, 1.165) is 11.3 Å².